The summed E-state index contributed by atoms with van der Waals surface area (Å²) in [6, 6.07) is 0. The van der Waals surface area contributed by atoms with Crippen LogP contribution in [0.1, 0.15) is 6.92 Å². The molecule has 0 aromatic heterocycles. The highest BCUT2D eigenvalue weighted by molar-refractivity contribution is 9.12. The van der Waals surface area contributed by atoms with Gasteiger partial charge in [0, 0.05) is 5.33 Å². The first-order chi connectivity index (χ1) is 4.00. The van der Waals surface area contributed by atoms with Crippen LogP contribution in [-0.2, 0) is 0 Å². The Labute approximate surface area is 78.8 Å². The molecule has 2 unspecified atom stereocenters. The van der Waals surface area contributed by atoms with Gasteiger partial charge in [-0.15, -0.1) is 0 Å². The summed E-state index contributed by atoms with van der Waals surface area (Å²) in [5, 5.41) is -1.37. The molecule has 0 N–H and O–H groups in total. The standard InChI is InChI=1S/C2H3Br2F.C2H4BrF/c3-1-2(4)5;1-2(3)4/h2H,1H2;2H,1H3. The average molecular weight is 333 g/mol. The minimum absolute atomic E-state index is 0.368. The van der Waals surface area contributed by atoms with Gasteiger partial charge in [0.05, 0.1) is 0 Å². The van der Waals surface area contributed by atoms with Crippen LogP contribution in [0.4, 0.5) is 8.78 Å². The molecule has 0 aliphatic rings. The van der Waals surface area contributed by atoms with Crippen molar-refractivity contribution in [3.63, 3.8) is 0 Å². The van der Waals surface area contributed by atoms with Crippen molar-refractivity contribution in [2.45, 2.75) is 17.1 Å². The van der Waals surface area contributed by atoms with Gasteiger partial charge in [-0.25, -0.2) is 8.78 Å². The van der Waals surface area contributed by atoms with Crippen molar-refractivity contribution in [3.8, 4) is 0 Å². The minimum atomic E-state index is -0.887. The molecule has 0 nitrogen and oxygen atoms in total. The number of alkyl halides is 5. The molecule has 0 rings (SSSR count). The first-order valence-corrected chi connectivity index (χ1v) is 5.08. The second-order valence-electron chi connectivity index (χ2n) is 1.06. The summed E-state index contributed by atoms with van der Waals surface area (Å²) in [5.74, 6) is 0. The average Bonchev–Trinajstić information content (AvgIpc) is 1.65. The Hall–Kier alpha value is 1.30. The second kappa shape index (κ2) is 9.30. The lowest BCUT2D eigenvalue weighted by Crippen LogP contribution is -1.83. The van der Waals surface area contributed by atoms with Crippen LogP contribution < -0.4 is 0 Å². The number of rotatable bonds is 1. The Morgan fingerprint density at radius 2 is 1.44 bits per heavy atom. The van der Waals surface area contributed by atoms with Crippen LogP contribution in [-0.4, -0.2) is 15.5 Å². The van der Waals surface area contributed by atoms with E-state index in [4.69, 9.17) is 0 Å². The van der Waals surface area contributed by atoms with E-state index in [1.54, 1.807) is 0 Å². The Morgan fingerprint density at radius 3 is 1.44 bits per heavy atom. The molecule has 0 aromatic carbocycles. The van der Waals surface area contributed by atoms with Gasteiger partial charge >= 0.3 is 0 Å². The summed E-state index contributed by atoms with van der Waals surface area (Å²) in [6.07, 6.45) is 0. The summed E-state index contributed by atoms with van der Waals surface area (Å²) in [7, 11) is 0. The SMILES string of the molecule is CC(F)Br.FC(Br)CBr. The Morgan fingerprint density at radius 1 is 1.33 bits per heavy atom. The smallest absolute Gasteiger partial charge is 0.164 e. The van der Waals surface area contributed by atoms with Gasteiger partial charge in [-0.05, 0) is 6.92 Å². The van der Waals surface area contributed by atoms with Gasteiger partial charge in [-0.2, -0.15) is 0 Å². The molecule has 2 atom stereocenters. The van der Waals surface area contributed by atoms with Crippen LogP contribution in [0.3, 0.4) is 0 Å². The molecule has 0 saturated heterocycles. The van der Waals surface area contributed by atoms with Crippen LogP contribution >= 0.6 is 47.8 Å². The van der Waals surface area contributed by atoms with Gasteiger partial charge in [0.2, 0.25) is 0 Å². The molecule has 0 bridgehead atoms. The zero-order valence-corrected chi connectivity index (χ0v) is 9.51. The van der Waals surface area contributed by atoms with E-state index in [-0.39, 0.29) is 0 Å². The molecule has 0 saturated carbocycles. The molecular formula is C4H7Br3F2. The lowest BCUT2D eigenvalue weighted by molar-refractivity contribution is 0.492. The monoisotopic (exact) mass is 330 g/mol. The zero-order valence-electron chi connectivity index (χ0n) is 4.75. The fourth-order valence-corrected chi connectivity index (χ4v) is 0. The lowest BCUT2D eigenvalue weighted by atomic mass is 10.9. The van der Waals surface area contributed by atoms with Crippen LogP contribution in [0.2, 0.25) is 0 Å². The van der Waals surface area contributed by atoms with Crippen molar-refractivity contribution in [2.75, 3.05) is 5.33 Å². The first-order valence-electron chi connectivity index (χ1n) is 2.13. The van der Waals surface area contributed by atoms with E-state index in [1.165, 1.54) is 6.92 Å². The van der Waals surface area contributed by atoms with Crippen LogP contribution in [0, 0.1) is 0 Å². The highest BCUT2D eigenvalue weighted by Crippen LogP contribution is 2.02. The van der Waals surface area contributed by atoms with E-state index in [0.717, 1.165) is 0 Å². The number of hydrogen-bond acceptors (Lipinski definition) is 0. The molecule has 0 fully saturated rings. The van der Waals surface area contributed by atoms with Gasteiger partial charge < -0.3 is 0 Å². The molecule has 5 heteroatoms. The molecular weight excluding hydrogens is 326 g/mol. The maximum atomic E-state index is 11.3. The molecule has 0 aliphatic heterocycles. The van der Waals surface area contributed by atoms with Crippen molar-refractivity contribution < 1.29 is 8.78 Å². The van der Waals surface area contributed by atoms with Crippen molar-refractivity contribution in [3.05, 3.63) is 0 Å². The maximum Gasteiger partial charge on any atom is 0.164 e. The highest BCUT2D eigenvalue weighted by Gasteiger charge is 1.89. The number of hydrogen-bond donors (Lipinski definition) is 0. The molecule has 0 spiro atoms. The fourth-order valence-electron chi connectivity index (χ4n) is 0. The number of halogens is 5. The van der Waals surface area contributed by atoms with E-state index in [1.807, 2.05) is 0 Å². The maximum absolute atomic E-state index is 11.3. The normalized spacial score (nSPS) is 15.3. The van der Waals surface area contributed by atoms with Gasteiger partial charge in [0.15, 0.2) is 10.2 Å². The van der Waals surface area contributed by atoms with Crippen molar-refractivity contribution >= 4 is 47.8 Å². The summed E-state index contributed by atoms with van der Waals surface area (Å²) in [5.41, 5.74) is 0. The molecule has 9 heavy (non-hydrogen) atoms. The van der Waals surface area contributed by atoms with Gasteiger partial charge in [-0.3, -0.25) is 0 Å². The zero-order chi connectivity index (χ0) is 7.86. The first kappa shape index (κ1) is 12.9. The van der Waals surface area contributed by atoms with Crippen LogP contribution in [0.25, 0.3) is 0 Å². The predicted octanol–water partition coefficient (Wildman–Crippen LogP) is 3.77. The summed E-state index contributed by atoms with van der Waals surface area (Å²) >= 11 is 8.16. The van der Waals surface area contributed by atoms with Crippen LogP contribution in [0.15, 0.2) is 0 Å². The second-order valence-corrected chi connectivity index (χ2v) is 3.97. The van der Waals surface area contributed by atoms with Crippen molar-refractivity contribution in [2.24, 2.45) is 0 Å². The van der Waals surface area contributed by atoms with Gasteiger partial charge in [0.25, 0.3) is 0 Å². The highest BCUT2D eigenvalue weighted by atomic mass is 79.9. The molecule has 0 heterocycles. The van der Waals surface area contributed by atoms with Crippen LogP contribution in [0.5, 0.6) is 0 Å². The molecule has 0 aromatic rings. The third-order valence-corrected chi connectivity index (χ3v) is 1.88. The summed E-state index contributed by atoms with van der Waals surface area (Å²) < 4.78 is 22.2. The summed E-state index contributed by atoms with van der Waals surface area (Å²) in [6.45, 7) is 1.42. The van der Waals surface area contributed by atoms with Gasteiger partial charge in [0.1, 0.15) is 0 Å². The molecule has 0 aliphatic carbocycles. The molecule has 0 radical (unpaired) electrons. The largest absolute Gasteiger partial charge is 0.235 e. The van der Waals surface area contributed by atoms with Crippen molar-refractivity contribution in [1.29, 1.82) is 0 Å². The van der Waals surface area contributed by atoms with E-state index in [0.29, 0.717) is 5.33 Å². The van der Waals surface area contributed by atoms with Crippen molar-refractivity contribution in [1.82, 2.24) is 0 Å². The minimum Gasteiger partial charge on any atom is -0.235 e. The topological polar surface area (TPSA) is 0 Å². The quantitative estimate of drug-likeness (QED) is 0.641. The van der Waals surface area contributed by atoms with E-state index in [9.17, 15) is 8.78 Å². The molecule has 58 valence electrons. The van der Waals surface area contributed by atoms with E-state index in [2.05, 4.69) is 47.8 Å². The van der Waals surface area contributed by atoms with E-state index < -0.39 is 10.2 Å². The molecule has 0 amide bonds. The Balaban J connectivity index is 0. The Kier molecular flexibility index (Phi) is 13.4. The lowest BCUT2D eigenvalue weighted by Gasteiger charge is -1.81. The third kappa shape index (κ3) is 45.5. The van der Waals surface area contributed by atoms with Gasteiger partial charge in [-0.1, -0.05) is 47.8 Å². The Bertz CT molecular complexity index is 46.3. The fraction of sp³-hybridized carbons (Fsp3) is 1.00. The predicted molar refractivity (Wildman–Crippen MR) is 47.1 cm³/mol. The summed E-state index contributed by atoms with van der Waals surface area (Å²) in [4.78, 5) is 0. The van der Waals surface area contributed by atoms with E-state index >= 15 is 0 Å². The third-order valence-electron chi connectivity index (χ3n) is 0.117.